The van der Waals surface area contributed by atoms with Gasteiger partial charge in [-0.25, -0.2) is 0 Å². The van der Waals surface area contributed by atoms with Gasteiger partial charge in [0.05, 0.1) is 16.8 Å². The van der Waals surface area contributed by atoms with Crippen molar-refractivity contribution in [3.05, 3.63) is 89.3 Å². The first-order valence-electron chi connectivity index (χ1n) is 9.45. The van der Waals surface area contributed by atoms with E-state index in [4.69, 9.17) is 9.26 Å². The zero-order chi connectivity index (χ0) is 20.4. The summed E-state index contributed by atoms with van der Waals surface area (Å²) in [5.41, 5.74) is 3.02. The maximum Gasteiger partial charge on any atom is 0.261 e. The van der Waals surface area contributed by atoms with Gasteiger partial charge in [-0.2, -0.15) is 0 Å². The van der Waals surface area contributed by atoms with Crippen molar-refractivity contribution in [2.75, 3.05) is 11.9 Å². The van der Waals surface area contributed by atoms with Crippen LogP contribution in [0.5, 0.6) is 5.75 Å². The molecule has 0 aliphatic heterocycles. The van der Waals surface area contributed by atoms with Crippen molar-refractivity contribution in [3.8, 4) is 5.75 Å². The minimum Gasteiger partial charge on any atom is -0.488 e. The van der Waals surface area contributed by atoms with E-state index < -0.39 is 0 Å². The molecule has 4 aromatic rings. The lowest BCUT2D eigenvalue weighted by molar-refractivity contribution is 0.0989. The molecule has 0 spiro atoms. The summed E-state index contributed by atoms with van der Waals surface area (Å²) in [6.45, 7) is 4.02. The number of carbonyl (C=O) groups is 1. The molecule has 0 saturated heterocycles. The predicted molar refractivity (Wildman–Crippen MR) is 113 cm³/mol. The molecule has 0 aliphatic rings. The third-order valence-electron chi connectivity index (χ3n) is 5.08. The van der Waals surface area contributed by atoms with Crippen LogP contribution in [0.2, 0.25) is 0 Å². The SMILES string of the molecule is Cc1noc(C)c1COc1cc2ccccc2cc1C(=O)N(C)c1ccccc1. The zero-order valence-corrected chi connectivity index (χ0v) is 16.7. The largest absolute Gasteiger partial charge is 0.488 e. The molecule has 1 amide bonds. The Hall–Kier alpha value is -3.60. The van der Waals surface area contributed by atoms with Gasteiger partial charge >= 0.3 is 0 Å². The molecule has 3 aromatic carbocycles. The second kappa shape index (κ2) is 7.80. The van der Waals surface area contributed by atoms with Crippen molar-refractivity contribution in [2.24, 2.45) is 0 Å². The second-order valence-corrected chi connectivity index (χ2v) is 6.99. The Balaban J connectivity index is 1.73. The smallest absolute Gasteiger partial charge is 0.261 e. The molecule has 0 fully saturated rings. The van der Waals surface area contributed by atoms with Crippen LogP contribution in [0.15, 0.2) is 71.3 Å². The first-order valence-corrected chi connectivity index (χ1v) is 9.45. The lowest BCUT2D eigenvalue weighted by Crippen LogP contribution is -2.26. The number of anilines is 1. The molecule has 146 valence electrons. The van der Waals surface area contributed by atoms with Crippen LogP contribution >= 0.6 is 0 Å². The van der Waals surface area contributed by atoms with E-state index in [1.807, 2.05) is 80.6 Å². The Morgan fingerprint density at radius 2 is 1.66 bits per heavy atom. The number of aromatic nitrogens is 1. The highest BCUT2D eigenvalue weighted by atomic mass is 16.5. The number of aryl methyl sites for hydroxylation is 2. The summed E-state index contributed by atoms with van der Waals surface area (Å²) < 4.78 is 11.3. The summed E-state index contributed by atoms with van der Waals surface area (Å²) in [5, 5.41) is 5.98. The molecule has 5 heteroatoms. The number of amides is 1. The summed E-state index contributed by atoms with van der Waals surface area (Å²) in [6.07, 6.45) is 0. The average molecular weight is 386 g/mol. The lowest BCUT2D eigenvalue weighted by Gasteiger charge is -2.20. The molecular formula is C24H22N2O3. The second-order valence-electron chi connectivity index (χ2n) is 6.99. The Morgan fingerprint density at radius 1 is 1.00 bits per heavy atom. The number of hydrogen-bond acceptors (Lipinski definition) is 4. The lowest BCUT2D eigenvalue weighted by atomic mass is 10.0. The first kappa shape index (κ1) is 18.7. The van der Waals surface area contributed by atoms with E-state index >= 15 is 0 Å². The zero-order valence-electron chi connectivity index (χ0n) is 16.7. The quantitative estimate of drug-likeness (QED) is 0.467. The number of fused-ring (bicyclic) bond motifs is 1. The molecule has 0 unspecified atom stereocenters. The summed E-state index contributed by atoms with van der Waals surface area (Å²) >= 11 is 0. The van der Waals surface area contributed by atoms with Gasteiger partial charge in [-0.05, 0) is 48.9 Å². The topological polar surface area (TPSA) is 55.6 Å². The fourth-order valence-corrected chi connectivity index (χ4v) is 3.31. The van der Waals surface area contributed by atoms with E-state index in [0.717, 1.165) is 33.5 Å². The highest BCUT2D eigenvalue weighted by Crippen LogP contribution is 2.29. The molecule has 0 atom stereocenters. The van der Waals surface area contributed by atoms with Gasteiger partial charge in [0, 0.05) is 12.7 Å². The molecule has 4 rings (SSSR count). The van der Waals surface area contributed by atoms with Crippen molar-refractivity contribution in [2.45, 2.75) is 20.5 Å². The van der Waals surface area contributed by atoms with Crippen molar-refractivity contribution in [3.63, 3.8) is 0 Å². The Labute approximate surface area is 169 Å². The highest BCUT2D eigenvalue weighted by Gasteiger charge is 2.20. The van der Waals surface area contributed by atoms with Crippen molar-refractivity contribution >= 4 is 22.4 Å². The molecule has 5 nitrogen and oxygen atoms in total. The number of ether oxygens (including phenoxy) is 1. The minimum absolute atomic E-state index is 0.129. The third kappa shape index (κ3) is 3.72. The van der Waals surface area contributed by atoms with E-state index in [1.54, 1.807) is 11.9 Å². The molecule has 0 aliphatic carbocycles. The van der Waals surface area contributed by atoms with Crippen molar-refractivity contribution < 1.29 is 14.1 Å². The summed E-state index contributed by atoms with van der Waals surface area (Å²) in [7, 11) is 1.77. The highest BCUT2D eigenvalue weighted by molar-refractivity contribution is 6.09. The van der Waals surface area contributed by atoms with Gasteiger partial charge in [-0.15, -0.1) is 0 Å². The van der Waals surface area contributed by atoms with Gasteiger partial charge < -0.3 is 14.2 Å². The van der Waals surface area contributed by atoms with Gasteiger partial charge in [-0.1, -0.05) is 47.6 Å². The van der Waals surface area contributed by atoms with E-state index in [1.165, 1.54) is 0 Å². The van der Waals surface area contributed by atoms with Gasteiger partial charge in [0.25, 0.3) is 5.91 Å². The normalized spacial score (nSPS) is 10.9. The maximum absolute atomic E-state index is 13.3. The van der Waals surface area contributed by atoms with Crippen LogP contribution in [0, 0.1) is 13.8 Å². The standard InChI is InChI=1S/C24H22N2O3/c1-16-22(17(2)29-25-16)15-28-23-14-19-10-8-7-9-18(19)13-21(23)24(27)26(3)20-11-5-4-6-12-20/h4-14H,15H2,1-3H3. The molecule has 1 heterocycles. The number of rotatable bonds is 5. The third-order valence-corrected chi connectivity index (χ3v) is 5.08. The Bertz CT molecular complexity index is 1150. The molecule has 0 N–H and O–H groups in total. The summed E-state index contributed by atoms with van der Waals surface area (Å²) in [5.74, 6) is 1.13. The number of carbonyl (C=O) groups excluding carboxylic acids is 1. The van der Waals surface area contributed by atoms with Crippen molar-refractivity contribution in [1.29, 1.82) is 0 Å². The average Bonchev–Trinajstić information content (AvgIpc) is 3.08. The summed E-state index contributed by atoms with van der Waals surface area (Å²) in [4.78, 5) is 15.0. The fraction of sp³-hybridized carbons (Fsp3) is 0.167. The number of para-hydroxylation sites is 1. The van der Waals surface area contributed by atoms with E-state index in [2.05, 4.69) is 5.16 Å². The maximum atomic E-state index is 13.3. The van der Waals surface area contributed by atoms with Gasteiger partial charge in [0.1, 0.15) is 18.1 Å². The van der Waals surface area contributed by atoms with Crippen LogP contribution in [-0.2, 0) is 6.61 Å². The molecule has 29 heavy (non-hydrogen) atoms. The molecule has 0 saturated carbocycles. The molecular weight excluding hydrogens is 364 g/mol. The van der Waals surface area contributed by atoms with Crippen LogP contribution in [0.25, 0.3) is 10.8 Å². The molecule has 0 radical (unpaired) electrons. The molecule has 0 bridgehead atoms. The summed E-state index contributed by atoms with van der Waals surface area (Å²) in [6, 6.07) is 21.3. The fourth-order valence-electron chi connectivity index (χ4n) is 3.31. The van der Waals surface area contributed by atoms with Crippen LogP contribution in [-0.4, -0.2) is 18.1 Å². The monoisotopic (exact) mass is 386 g/mol. The Kier molecular flexibility index (Phi) is 5.04. The van der Waals surface area contributed by atoms with Gasteiger partial charge in [0.15, 0.2) is 0 Å². The first-order chi connectivity index (χ1) is 14.0. The van der Waals surface area contributed by atoms with Crippen LogP contribution in [0.3, 0.4) is 0 Å². The van der Waals surface area contributed by atoms with Crippen LogP contribution < -0.4 is 9.64 Å². The number of nitrogens with zero attached hydrogens (tertiary/aromatic N) is 2. The molecule has 1 aromatic heterocycles. The number of benzene rings is 3. The van der Waals surface area contributed by atoms with Gasteiger partial charge in [0.2, 0.25) is 0 Å². The Morgan fingerprint density at radius 3 is 2.31 bits per heavy atom. The van der Waals surface area contributed by atoms with Crippen molar-refractivity contribution in [1.82, 2.24) is 5.16 Å². The van der Waals surface area contributed by atoms with Crippen LogP contribution in [0.4, 0.5) is 5.69 Å². The van der Waals surface area contributed by atoms with E-state index in [9.17, 15) is 4.79 Å². The minimum atomic E-state index is -0.129. The van der Waals surface area contributed by atoms with E-state index in [-0.39, 0.29) is 12.5 Å². The van der Waals surface area contributed by atoms with Gasteiger partial charge in [-0.3, -0.25) is 4.79 Å². The predicted octanol–water partition coefficient (Wildman–Crippen LogP) is 5.30. The van der Waals surface area contributed by atoms with Crippen LogP contribution in [0.1, 0.15) is 27.4 Å². The van der Waals surface area contributed by atoms with E-state index in [0.29, 0.717) is 11.3 Å². The number of hydrogen-bond donors (Lipinski definition) is 0.